The molecule has 3 nitrogen and oxygen atoms in total. The summed E-state index contributed by atoms with van der Waals surface area (Å²) in [5.41, 5.74) is 0. The van der Waals surface area contributed by atoms with E-state index in [4.69, 9.17) is 0 Å². The van der Waals surface area contributed by atoms with Crippen LogP contribution in [0.2, 0.25) is 0 Å². The smallest absolute Gasteiger partial charge is 0.207 e. The zero-order valence-electron chi connectivity index (χ0n) is 9.36. The highest BCUT2D eigenvalue weighted by Gasteiger charge is 2.30. The second kappa shape index (κ2) is 4.66. The van der Waals surface area contributed by atoms with Gasteiger partial charge in [-0.2, -0.15) is 0 Å². The number of hydrogen-bond donors (Lipinski definition) is 0. The fourth-order valence-electron chi connectivity index (χ4n) is 1.61. The Morgan fingerprint density at radius 2 is 2.12 bits per heavy atom. The SMILES string of the molecule is CN(CC1CC1)S(=O)(=O)c1ccc(Br)cc1F. The van der Waals surface area contributed by atoms with Crippen molar-refractivity contribution in [1.29, 1.82) is 0 Å². The van der Waals surface area contributed by atoms with E-state index in [0.29, 0.717) is 16.9 Å². The molecule has 0 heterocycles. The van der Waals surface area contributed by atoms with Crippen LogP contribution in [0.4, 0.5) is 4.39 Å². The Balaban J connectivity index is 2.29. The number of sulfonamides is 1. The molecule has 1 saturated carbocycles. The Morgan fingerprint density at radius 1 is 1.47 bits per heavy atom. The van der Waals surface area contributed by atoms with E-state index >= 15 is 0 Å². The van der Waals surface area contributed by atoms with Crippen molar-refractivity contribution in [3.63, 3.8) is 0 Å². The fourth-order valence-corrected chi connectivity index (χ4v) is 3.24. The van der Waals surface area contributed by atoms with Crippen LogP contribution in [0, 0.1) is 11.7 Å². The first-order chi connectivity index (χ1) is 7.91. The summed E-state index contributed by atoms with van der Waals surface area (Å²) in [4.78, 5) is -0.260. The number of rotatable bonds is 4. The molecule has 1 aliphatic carbocycles. The number of nitrogens with zero attached hydrogens (tertiary/aromatic N) is 1. The van der Waals surface area contributed by atoms with Gasteiger partial charge in [0.15, 0.2) is 0 Å². The molecule has 2 rings (SSSR count). The van der Waals surface area contributed by atoms with Gasteiger partial charge in [-0.1, -0.05) is 15.9 Å². The molecule has 0 spiro atoms. The lowest BCUT2D eigenvalue weighted by atomic mass is 10.3. The standard InChI is InChI=1S/C11H13BrFNO2S/c1-14(7-8-2-3-8)17(15,16)11-5-4-9(12)6-10(11)13/h4-6,8H,2-3,7H2,1H3. The van der Waals surface area contributed by atoms with Gasteiger partial charge in [0.25, 0.3) is 0 Å². The monoisotopic (exact) mass is 321 g/mol. The van der Waals surface area contributed by atoms with Crippen LogP contribution >= 0.6 is 15.9 Å². The quantitative estimate of drug-likeness (QED) is 0.854. The average Bonchev–Trinajstić information content (AvgIpc) is 3.00. The van der Waals surface area contributed by atoms with Crippen molar-refractivity contribution in [2.75, 3.05) is 13.6 Å². The average molecular weight is 322 g/mol. The molecule has 1 aromatic carbocycles. The topological polar surface area (TPSA) is 37.4 Å². The zero-order chi connectivity index (χ0) is 12.6. The van der Waals surface area contributed by atoms with Crippen LogP contribution in [0.1, 0.15) is 12.8 Å². The van der Waals surface area contributed by atoms with Crippen LogP contribution in [0.25, 0.3) is 0 Å². The van der Waals surface area contributed by atoms with Crippen molar-refractivity contribution in [1.82, 2.24) is 4.31 Å². The van der Waals surface area contributed by atoms with Crippen LogP contribution in [0.5, 0.6) is 0 Å². The summed E-state index contributed by atoms with van der Waals surface area (Å²) in [5.74, 6) is -0.282. The summed E-state index contributed by atoms with van der Waals surface area (Å²) < 4.78 is 39.6. The normalized spacial score (nSPS) is 16.5. The van der Waals surface area contributed by atoms with Gasteiger partial charge < -0.3 is 0 Å². The van der Waals surface area contributed by atoms with Gasteiger partial charge in [-0.25, -0.2) is 17.1 Å². The molecule has 0 N–H and O–H groups in total. The third kappa shape index (κ3) is 2.86. The maximum absolute atomic E-state index is 13.6. The maximum atomic E-state index is 13.6. The van der Waals surface area contributed by atoms with Crippen LogP contribution in [-0.4, -0.2) is 26.3 Å². The highest BCUT2D eigenvalue weighted by atomic mass is 79.9. The minimum atomic E-state index is -3.70. The lowest BCUT2D eigenvalue weighted by Gasteiger charge is -2.17. The Bertz CT molecular complexity index is 528. The minimum Gasteiger partial charge on any atom is -0.207 e. The number of benzene rings is 1. The Morgan fingerprint density at radius 3 is 2.65 bits per heavy atom. The molecule has 0 atom stereocenters. The molecule has 17 heavy (non-hydrogen) atoms. The van der Waals surface area contributed by atoms with Crippen LogP contribution < -0.4 is 0 Å². The van der Waals surface area contributed by atoms with Crippen LogP contribution in [0.3, 0.4) is 0 Å². The van der Waals surface area contributed by atoms with E-state index < -0.39 is 15.8 Å². The van der Waals surface area contributed by atoms with E-state index in [1.807, 2.05) is 0 Å². The second-order valence-electron chi connectivity index (χ2n) is 4.30. The fraction of sp³-hybridized carbons (Fsp3) is 0.455. The van der Waals surface area contributed by atoms with Crippen molar-refractivity contribution in [3.05, 3.63) is 28.5 Å². The summed E-state index contributed by atoms with van der Waals surface area (Å²) in [6.07, 6.45) is 2.12. The lowest BCUT2D eigenvalue weighted by molar-refractivity contribution is 0.447. The molecule has 1 fully saturated rings. The first-order valence-electron chi connectivity index (χ1n) is 5.32. The third-order valence-electron chi connectivity index (χ3n) is 2.79. The van der Waals surface area contributed by atoms with E-state index in [-0.39, 0.29) is 4.90 Å². The van der Waals surface area contributed by atoms with Gasteiger partial charge in [-0.15, -0.1) is 0 Å². The van der Waals surface area contributed by atoms with Gasteiger partial charge >= 0.3 is 0 Å². The van der Waals surface area contributed by atoms with Gasteiger partial charge in [-0.05, 0) is 37.0 Å². The van der Waals surface area contributed by atoms with E-state index in [1.54, 1.807) is 0 Å². The van der Waals surface area contributed by atoms with E-state index in [2.05, 4.69) is 15.9 Å². The summed E-state index contributed by atoms with van der Waals surface area (Å²) in [7, 11) is -2.21. The van der Waals surface area contributed by atoms with Gasteiger partial charge in [0.2, 0.25) is 10.0 Å². The molecule has 0 bridgehead atoms. The molecular weight excluding hydrogens is 309 g/mol. The number of halogens is 2. The second-order valence-corrected chi connectivity index (χ2v) is 7.23. The van der Waals surface area contributed by atoms with Crippen molar-refractivity contribution in [2.24, 2.45) is 5.92 Å². The highest BCUT2D eigenvalue weighted by Crippen LogP contribution is 2.31. The molecule has 94 valence electrons. The third-order valence-corrected chi connectivity index (χ3v) is 5.14. The van der Waals surface area contributed by atoms with Crippen molar-refractivity contribution < 1.29 is 12.8 Å². The Labute approximate surface area is 109 Å². The first kappa shape index (κ1) is 13.0. The molecule has 0 unspecified atom stereocenters. The maximum Gasteiger partial charge on any atom is 0.245 e. The summed E-state index contributed by atoms with van der Waals surface area (Å²) in [6, 6.07) is 3.98. The summed E-state index contributed by atoms with van der Waals surface area (Å²) >= 11 is 3.10. The van der Waals surface area contributed by atoms with E-state index in [9.17, 15) is 12.8 Å². The Hall–Kier alpha value is -0.460. The molecule has 0 saturated heterocycles. The van der Waals surface area contributed by atoms with Gasteiger partial charge in [-0.3, -0.25) is 0 Å². The van der Waals surface area contributed by atoms with Crippen molar-refractivity contribution >= 4 is 26.0 Å². The van der Waals surface area contributed by atoms with Gasteiger partial charge in [0.1, 0.15) is 10.7 Å². The largest absolute Gasteiger partial charge is 0.245 e. The predicted octanol–water partition coefficient (Wildman–Crippen LogP) is 2.62. The molecule has 0 radical (unpaired) electrons. The van der Waals surface area contributed by atoms with Crippen LogP contribution in [-0.2, 0) is 10.0 Å². The van der Waals surface area contributed by atoms with Crippen LogP contribution in [0.15, 0.2) is 27.6 Å². The minimum absolute atomic E-state index is 0.260. The highest BCUT2D eigenvalue weighted by molar-refractivity contribution is 9.10. The van der Waals surface area contributed by atoms with E-state index in [1.165, 1.54) is 23.5 Å². The summed E-state index contributed by atoms with van der Waals surface area (Å²) in [5, 5.41) is 0. The molecule has 1 aromatic rings. The molecule has 1 aliphatic rings. The molecule has 0 amide bonds. The number of hydrogen-bond acceptors (Lipinski definition) is 2. The predicted molar refractivity (Wildman–Crippen MR) is 66.6 cm³/mol. The first-order valence-corrected chi connectivity index (χ1v) is 7.56. The van der Waals surface area contributed by atoms with E-state index in [0.717, 1.165) is 18.9 Å². The van der Waals surface area contributed by atoms with Gasteiger partial charge in [0, 0.05) is 18.1 Å². The van der Waals surface area contributed by atoms with Crippen molar-refractivity contribution in [3.8, 4) is 0 Å². The van der Waals surface area contributed by atoms with Crippen molar-refractivity contribution in [2.45, 2.75) is 17.7 Å². The molecule has 0 aliphatic heterocycles. The summed E-state index contributed by atoms with van der Waals surface area (Å²) in [6.45, 7) is 0.470. The van der Waals surface area contributed by atoms with Gasteiger partial charge in [0.05, 0.1) is 0 Å². The molecule has 0 aromatic heterocycles. The zero-order valence-corrected chi connectivity index (χ0v) is 11.8. The molecule has 6 heteroatoms. The molecular formula is C11H13BrFNO2S. The lowest BCUT2D eigenvalue weighted by Crippen LogP contribution is -2.29. The Kier molecular flexibility index (Phi) is 3.56.